The van der Waals surface area contributed by atoms with Crippen molar-refractivity contribution in [1.29, 1.82) is 0 Å². The summed E-state index contributed by atoms with van der Waals surface area (Å²) in [6.07, 6.45) is 17.8. The second-order valence-electron chi connectivity index (χ2n) is 16.9. The van der Waals surface area contributed by atoms with Crippen molar-refractivity contribution in [2.24, 2.45) is 5.92 Å². The van der Waals surface area contributed by atoms with Gasteiger partial charge in [0.2, 0.25) is 0 Å². The second kappa shape index (κ2) is 30.0. The number of carbonyl (C=O) groups excluding carboxylic acids is 2. The molecule has 0 spiro atoms. The van der Waals surface area contributed by atoms with Crippen LogP contribution in [0.15, 0.2) is 29.2 Å². The number of allylic oxidation sites excluding steroid dienone is 1. The zero-order valence-corrected chi connectivity index (χ0v) is 39.7. The highest BCUT2D eigenvalue weighted by molar-refractivity contribution is 7.61. The molecule has 0 bridgehead atoms. The number of phosphoric ester groups is 2. The number of aromatic nitrogens is 2. The first-order chi connectivity index (χ1) is 30.5. The standard InChI is InChI=1S/C43H75N3O16P2/c1-4-6-7-8-13-18-23-34-35(60-34)24-19-14-11-16-20-25-38(47)56-29-33(59-39(48)26-21-15-10-9-12-17-22-32(3)5-2)30-57-63(52,53)62-64(54,55)58-31-36-40(49)41(50)42(61-36)46-28-27-37(44)45-43(46)51/h13,18,27-28,32-36,40-42,49-50H,4-12,14-17,19-26,29-31H2,1-3H3,(H,52,53)(H,54,55)(H2,44,45,51)/b18-13-/t32?,33-,34?,35?,36-,40-,41-,42-/m1/s1. The van der Waals surface area contributed by atoms with Gasteiger partial charge in [0.15, 0.2) is 12.3 Å². The molecule has 10 atom stereocenters. The van der Waals surface area contributed by atoms with Crippen LogP contribution in [0, 0.1) is 5.92 Å². The van der Waals surface area contributed by atoms with Crippen molar-refractivity contribution in [3.05, 3.63) is 34.9 Å². The Morgan fingerprint density at radius 3 is 2.17 bits per heavy atom. The molecule has 6 N–H and O–H groups in total. The highest BCUT2D eigenvalue weighted by Gasteiger charge is 2.46. The molecule has 0 saturated carbocycles. The topological polar surface area (TPSA) is 278 Å². The minimum atomic E-state index is -5.42. The SMILES string of the molecule is CCCCC/C=C\CC1OC1CCCCCCCC(=O)OC[C@H](COP(=O)(O)OP(=O)(O)OC[C@H]1O[C@@H](n2ccc(N)nc2=O)[C@H](O)[C@@H]1O)OC(=O)CCCCCCCCC(C)CC. The lowest BCUT2D eigenvalue weighted by molar-refractivity contribution is -0.161. The summed E-state index contributed by atoms with van der Waals surface area (Å²) in [5.74, 6) is -0.612. The van der Waals surface area contributed by atoms with Gasteiger partial charge in [-0.1, -0.05) is 116 Å². The number of anilines is 1. The minimum Gasteiger partial charge on any atom is -0.462 e. The van der Waals surface area contributed by atoms with E-state index in [1.807, 2.05) is 0 Å². The molecular weight excluding hydrogens is 876 g/mol. The second-order valence-corrected chi connectivity index (χ2v) is 19.9. The van der Waals surface area contributed by atoms with Crippen LogP contribution in [0.25, 0.3) is 0 Å². The first-order valence-corrected chi connectivity index (χ1v) is 26.2. The zero-order valence-electron chi connectivity index (χ0n) is 38.0. The van der Waals surface area contributed by atoms with Crippen molar-refractivity contribution in [3.63, 3.8) is 0 Å². The Morgan fingerprint density at radius 1 is 0.828 bits per heavy atom. The van der Waals surface area contributed by atoms with Crippen LogP contribution in [-0.2, 0) is 51.0 Å². The number of unbranched alkanes of at least 4 members (excludes halogenated alkanes) is 12. The molecule has 1 aromatic rings. The molecule has 21 heteroatoms. The van der Waals surface area contributed by atoms with Crippen LogP contribution in [0.3, 0.4) is 0 Å². The molecule has 0 aliphatic carbocycles. The number of rotatable bonds is 36. The molecule has 2 saturated heterocycles. The Morgan fingerprint density at radius 2 is 1.48 bits per heavy atom. The Balaban J connectivity index is 1.42. The summed E-state index contributed by atoms with van der Waals surface area (Å²) < 4.78 is 62.4. The third-order valence-corrected chi connectivity index (χ3v) is 13.9. The van der Waals surface area contributed by atoms with E-state index in [0.717, 1.165) is 94.2 Å². The number of carbonyl (C=O) groups is 2. The first-order valence-electron chi connectivity index (χ1n) is 23.2. The third kappa shape index (κ3) is 22.8. The lowest BCUT2D eigenvalue weighted by Gasteiger charge is -2.21. The van der Waals surface area contributed by atoms with Crippen molar-refractivity contribution in [1.82, 2.24) is 9.55 Å². The van der Waals surface area contributed by atoms with Crippen LogP contribution in [-0.4, -0.2) is 97.9 Å². The molecule has 19 nitrogen and oxygen atoms in total. The molecule has 2 aliphatic rings. The quantitative estimate of drug-likeness (QED) is 0.0145. The largest absolute Gasteiger partial charge is 0.481 e. The molecule has 2 aliphatic heterocycles. The van der Waals surface area contributed by atoms with Crippen LogP contribution in [0.1, 0.15) is 162 Å². The average Bonchev–Trinajstić information content (AvgIpc) is 3.94. The average molecular weight is 952 g/mol. The molecule has 0 amide bonds. The van der Waals surface area contributed by atoms with Gasteiger partial charge >= 0.3 is 33.3 Å². The fourth-order valence-corrected chi connectivity index (χ4v) is 9.29. The number of hydrogen-bond acceptors (Lipinski definition) is 16. The van der Waals surface area contributed by atoms with Gasteiger partial charge in [-0.2, -0.15) is 9.29 Å². The van der Waals surface area contributed by atoms with E-state index in [-0.39, 0.29) is 18.7 Å². The van der Waals surface area contributed by atoms with Crippen molar-refractivity contribution in [2.75, 3.05) is 25.6 Å². The third-order valence-electron chi connectivity index (χ3n) is 11.3. The van der Waals surface area contributed by atoms with Crippen molar-refractivity contribution in [2.45, 2.75) is 198 Å². The number of nitrogens with two attached hydrogens (primary N) is 1. The Bertz CT molecular complexity index is 1700. The normalized spacial score (nSPS) is 23.7. The van der Waals surface area contributed by atoms with E-state index in [9.17, 15) is 43.5 Å². The van der Waals surface area contributed by atoms with E-state index in [1.54, 1.807) is 0 Å². The number of aliphatic hydroxyl groups excluding tert-OH is 2. The predicted molar refractivity (Wildman–Crippen MR) is 238 cm³/mol. The maximum Gasteiger partial charge on any atom is 0.481 e. The maximum atomic E-state index is 12.8. The summed E-state index contributed by atoms with van der Waals surface area (Å²) in [5, 5.41) is 20.9. The number of nitrogen functional groups attached to an aromatic ring is 1. The molecule has 0 aromatic carbocycles. The summed E-state index contributed by atoms with van der Waals surface area (Å²) >= 11 is 0. The fourth-order valence-electron chi connectivity index (χ4n) is 7.18. The Kier molecular flexibility index (Phi) is 26.1. The van der Waals surface area contributed by atoms with Crippen LogP contribution >= 0.6 is 15.6 Å². The fraction of sp³-hybridized carbons (Fsp3) is 0.814. The van der Waals surface area contributed by atoms with Gasteiger partial charge in [-0.3, -0.25) is 23.2 Å². The smallest absolute Gasteiger partial charge is 0.462 e. The Labute approximate surface area is 378 Å². The van der Waals surface area contributed by atoms with Crippen molar-refractivity contribution >= 4 is 33.4 Å². The summed E-state index contributed by atoms with van der Waals surface area (Å²) in [6.45, 7) is 4.31. The molecular formula is C43H75N3O16P2. The number of esters is 2. The minimum absolute atomic E-state index is 0.0438. The van der Waals surface area contributed by atoms with Gasteiger partial charge in [-0.25, -0.2) is 13.9 Å². The van der Waals surface area contributed by atoms with Crippen molar-refractivity contribution < 1.29 is 71.0 Å². The van der Waals surface area contributed by atoms with Gasteiger partial charge in [0.1, 0.15) is 30.7 Å². The van der Waals surface area contributed by atoms with E-state index in [1.165, 1.54) is 31.7 Å². The number of phosphoric acid groups is 2. The molecule has 2 fully saturated rings. The van der Waals surface area contributed by atoms with E-state index in [2.05, 4.69) is 42.2 Å². The number of nitrogens with zero attached hydrogens (tertiary/aromatic N) is 2. The first kappa shape index (κ1) is 55.8. The zero-order chi connectivity index (χ0) is 47.0. The van der Waals surface area contributed by atoms with Crippen LogP contribution < -0.4 is 11.4 Å². The molecule has 3 heterocycles. The molecule has 1 aromatic heterocycles. The van der Waals surface area contributed by atoms with Gasteiger partial charge in [0, 0.05) is 19.0 Å². The van der Waals surface area contributed by atoms with Crippen molar-refractivity contribution in [3.8, 4) is 0 Å². The number of epoxide rings is 1. The van der Waals surface area contributed by atoms with E-state index in [0.29, 0.717) is 31.0 Å². The Hall–Kier alpha value is -2.54. The number of ether oxygens (including phenoxy) is 4. The van der Waals surface area contributed by atoms with E-state index in [4.69, 9.17) is 33.7 Å². The molecule has 5 unspecified atom stereocenters. The highest BCUT2D eigenvalue weighted by atomic mass is 31.3. The van der Waals surface area contributed by atoms with Crippen LogP contribution in [0.5, 0.6) is 0 Å². The lowest BCUT2D eigenvalue weighted by atomic mass is 10.00. The molecule has 3 rings (SSSR count). The number of hydrogen-bond donors (Lipinski definition) is 5. The van der Waals surface area contributed by atoms with Gasteiger partial charge in [-0.15, -0.1) is 0 Å². The summed E-state index contributed by atoms with van der Waals surface area (Å²) in [5.41, 5.74) is 4.58. The molecule has 64 heavy (non-hydrogen) atoms. The van der Waals surface area contributed by atoms with E-state index < -0.39 is 83.7 Å². The maximum absolute atomic E-state index is 12.8. The van der Waals surface area contributed by atoms with E-state index >= 15 is 0 Å². The summed E-state index contributed by atoms with van der Waals surface area (Å²) in [4.78, 5) is 61.7. The molecule has 0 radical (unpaired) electrons. The summed E-state index contributed by atoms with van der Waals surface area (Å²) in [6, 6.07) is 1.25. The highest BCUT2D eigenvalue weighted by Crippen LogP contribution is 2.60. The lowest BCUT2D eigenvalue weighted by Crippen LogP contribution is -2.36. The number of aliphatic hydroxyl groups is 2. The van der Waals surface area contributed by atoms with Gasteiger partial charge in [-0.05, 0) is 50.5 Å². The summed E-state index contributed by atoms with van der Waals surface area (Å²) in [7, 11) is -10.8. The van der Waals surface area contributed by atoms with Crippen LogP contribution in [0.2, 0.25) is 0 Å². The van der Waals surface area contributed by atoms with Gasteiger partial charge in [0.25, 0.3) is 0 Å². The monoisotopic (exact) mass is 951 g/mol. The molecule has 368 valence electrons. The van der Waals surface area contributed by atoms with Gasteiger partial charge < -0.3 is 44.7 Å². The van der Waals surface area contributed by atoms with Crippen LogP contribution in [0.4, 0.5) is 5.82 Å². The predicted octanol–water partition coefficient (Wildman–Crippen LogP) is 7.34. The van der Waals surface area contributed by atoms with Gasteiger partial charge in [0.05, 0.1) is 25.4 Å².